The molecule has 4 aromatic rings. The summed E-state index contributed by atoms with van der Waals surface area (Å²) in [5, 5.41) is 20.2. The molecule has 0 radical (unpaired) electrons. The van der Waals surface area contributed by atoms with Crippen molar-refractivity contribution in [3.63, 3.8) is 0 Å². The quantitative estimate of drug-likeness (QED) is 0.282. The lowest BCUT2D eigenvalue weighted by molar-refractivity contribution is -0.120. The molecule has 9 rings (SSSR count). The second-order valence-electron chi connectivity index (χ2n) is 13.5. The number of piperazine rings is 1. The molecule has 2 aromatic heterocycles. The van der Waals surface area contributed by atoms with Gasteiger partial charge in [-0.1, -0.05) is 23.7 Å². The normalized spacial score (nSPS) is 25.2. The van der Waals surface area contributed by atoms with Crippen molar-refractivity contribution in [1.82, 2.24) is 20.2 Å². The summed E-state index contributed by atoms with van der Waals surface area (Å²) < 4.78 is 17.0. The molecule has 1 amide bonds. The lowest BCUT2D eigenvalue weighted by Crippen LogP contribution is -2.66. The lowest BCUT2D eigenvalue weighted by atomic mass is 9.93. The van der Waals surface area contributed by atoms with Crippen molar-refractivity contribution in [1.29, 1.82) is 0 Å². The van der Waals surface area contributed by atoms with Crippen LogP contribution in [-0.2, 0) is 4.79 Å². The molecule has 2 aromatic carbocycles. The van der Waals surface area contributed by atoms with Gasteiger partial charge in [-0.2, -0.15) is 0 Å². The van der Waals surface area contributed by atoms with Crippen LogP contribution in [0.2, 0.25) is 5.02 Å². The first-order chi connectivity index (χ1) is 21.8. The van der Waals surface area contributed by atoms with E-state index < -0.39 is 5.82 Å². The van der Waals surface area contributed by atoms with Crippen LogP contribution in [0, 0.1) is 5.82 Å². The zero-order valence-corrected chi connectivity index (χ0v) is 25.9. The highest BCUT2D eigenvalue weighted by atomic mass is 35.5. The number of phenolic OH excluding ortho intramolecular Hbond substituents is 1. The van der Waals surface area contributed by atoms with Crippen LogP contribution >= 0.6 is 11.6 Å². The van der Waals surface area contributed by atoms with Crippen LogP contribution in [0.1, 0.15) is 38.5 Å². The lowest BCUT2D eigenvalue weighted by Gasteiger charge is -2.48. The number of benzene rings is 2. The zero-order valence-electron chi connectivity index (χ0n) is 25.1. The summed E-state index contributed by atoms with van der Waals surface area (Å²) in [6, 6.07) is 8.42. The third-order valence-electron chi connectivity index (χ3n) is 11.1. The van der Waals surface area contributed by atoms with Crippen molar-refractivity contribution in [2.24, 2.45) is 0 Å². The number of nitrogens with zero attached hydrogens (tertiary/aromatic N) is 5. The number of anilines is 3. The summed E-state index contributed by atoms with van der Waals surface area (Å²) in [5.74, 6) is -0.0448. The minimum atomic E-state index is -0.582. The highest BCUT2D eigenvalue weighted by molar-refractivity contribution is 6.36. The van der Waals surface area contributed by atoms with E-state index in [-0.39, 0.29) is 46.5 Å². The van der Waals surface area contributed by atoms with Gasteiger partial charge in [0.1, 0.15) is 28.7 Å². The summed E-state index contributed by atoms with van der Waals surface area (Å²) in [5.41, 5.74) is 2.20. The fraction of sp³-hybridized carbons (Fsp3) is 0.441. The van der Waals surface area contributed by atoms with E-state index in [0.717, 1.165) is 44.5 Å². The number of fused-ring (bicyclic) bond motifs is 10. The maximum absolute atomic E-state index is 17.0. The van der Waals surface area contributed by atoms with E-state index in [1.807, 2.05) is 13.1 Å². The van der Waals surface area contributed by atoms with Gasteiger partial charge >= 0.3 is 0 Å². The van der Waals surface area contributed by atoms with Gasteiger partial charge in [-0.15, -0.1) is 0 Å². The highest BCUT2D eigenvalue weighted by Gasteiger charge is 2.50. The molecular weight excluding hydrogens is 593 g/mol. The minimum absolute atomic E-state index is 0.00183. The molecule has 5 aliphatic rings. The highest BCUT2D eigenvalue weighted by Crippen LogP contribution is 2.49. The predicted molar refractivity (Wildman–Crippen MR) is 175 cm³/mol. The second kappa shape index (κ2) is 9.88. The number of nitrogens with one attached hydrogen (secondary N) is 2. The largest absolute Gasteiger partial charge is 0.508 e. The number of phenols is 1. The van der Waals surface area contributed by atoms with Gasteiger partial charge in [0.15, 0.2) is 11.6 Å². The summed E-state index contributed by atoms with van der Waals surface area (Å²) in [6.45, 7) is 3.53. The molecular formula is C34H35ClFN7O2. The smallest absolute Gasteiger partial charge is 0.251 e. The molecule has 3 N–H and O–H groups in total. The van der Waals surface area contributed by atoms with Gasteiger partial charge in [0, 0.05) is 65.3 Å². The van der Waals surface area contributed by atoms with Crippen LogP contribution in [0.5, 0.6) is 5.75 Å². The van der Waals surface area contributed by atoms with E-state index in [9.17, 15) is 9.90 Å². The first-order valence-electron chi connectivity index (χ1n) is 16.1. The summed E-state index contributed by atoms with van der Waals surface area (Å²) in [6.07, 6.45) is 8.16. The molecule has 4 saturated heterocycles. The van der Waals surface area contributed by atoms with Gasteiger partial charge in [-0.3, -0.25) is 14.7 Å². The fourth-order valence-electron chi connectivity index (χ4n) is 9.05. The molecule has 3 unspecified atom stereocenters. The Hall–Kier alpha value is -3.73. The van der Waals surface area contributed by atoms with E-state index in [4.69, 9.17) is 16.6 Å². The number of carbonyl (C=O) groups is 1. The van der Waals surface area contributed by atoms with E-state index in [2.05, 4.69) is 25.4 Å². The maximum Gasteiger partial charge on any atom is 0.251 e. The Bertz CT molecular complexity index is 1910. The van der Waals surface area contributed by atoms with Crippen LogP contribution in [-0.4, -0.2) is 82.8 Å². The minimum Gasteiger partial charge on any atom is -0.508 e. The van der Waals surface area contributed by atoms with E-state index >= 15 is 4.39 Å². The van der Waals surface area contributed by atoms with Gasteiger partial charge < -0.3 is 25.5 Å². The molecule has 9 nitrogen and oxygen atoms in total. The number of pyridine rings is 2. The van der Waals surface area contributed by atoms with E-state index in [1.54, 1.807) is 29.3 Å². The Morgan fingerprint density at radius 1 is 1.18 bits per heavy atom. The first kappa shape index (κ1) is 27.6. The van der Waals surface area contributed by atoms with Crippen molar-refractivity contribution in [3.05, 3.63) is 47.4 Å². The van der Waals surface area contributed by atoms with Crippen LogP contribution in [0.3, 0.4) is 0 Å². The van der Waals surface area contributed by atoms with Gasteiger partial charge in [-0.25, -0.2) is 9.37 Å². The summed E-state index contributed by atoms with van der Waals surface area (Å²) in [4.78, 5) is 30.1. The van der Waals surface area contributed by atoms with Crippen molar-refractivity contribution < 1.29 is 14.3 Å². The van der Waals surface area contributed by atoms with E-state index in [1.165, 1.54) is 18.9 Å². The molecule has 4 fully saturated rings. The molecule has 7 heterocycles. The number of hydrogen-bond acceptors (Lipinski definition) is 8. The Morgan fingerprint density at radius 2 is 2.00 bits per heavy atom. The van der Waals surface area contributed by atoms with Crippen molar-refractivity contribution >= 4 is 56.4 Å². The Balaban J connectivity index is 1.27. The predicted octanol–water partition coefficient (Wildman–Crippen LogP) is 5.27. The molecule has 5 aliphatic heterocycles. The van der Waals surface area contributed by atoms with Gasteiger partial charge in [0.2, 0.25) is 0 Å². The molecule has 11 heteroatoms. The van der Waals surface area contributed by atoms with Gasteiger partial charge in [0.25, 0.3) is 5.91 Å². The van der Waals surface area contributed by atoms with E-state index in [0.29, 0.717) is 51.3 Å². The monoisotopic (exact) mass is 627 g/mol. The molecule has 232 valence electrons. The number of amides is 1. The number of hydrogen-bond donors (Lipinski definition) is 3. The third kappa shape index (κ3) is 3.95. The van der Waals surface area contributed by atoms with Crippen LogP contribution in [0.25, 0.3) is 32.9 Å². The summed E-state index contributed by atoms with van der Waals surface area (Å²) >= 11 is 6.63. The Morgan fingerprint density at radius 3 is 2.82 bits per heavy atom. The SMILES string of the molecule is CN1C(=O)C2C3CCC(CN2c2c1c(NCC14CCCN1CCC4)nc1c(F)c(-c4cc(O)cc5cccc(Cl)c45)ncc21)N3. The fourth-order valence-corrected chi connectivity index (χ4v) is 9.34. The number of halogens is 2. The number of likely N-dealkylation sites (N-methyl/N-ethyl adjacent to an activating group) is 1. The third-order valence-corrected chi connectivity index (χ3v) is 11.4. The Labute approximate surface area is 265 Å². The molecule has 3 atom stereocenters. The molecule has 0 spiro atoms. The van der Waals surface area contributed by atoms with Crippen LogP contribution in [0.15, 0.2) is 36.5 Å². The first-order valence-corrected chi connectivity index (χ1v) is 16.4. The molecule has 0 aliphatic carbocycles. The van der Waals surface area contributed by atoms with Crippen molar-refractivity contribution in [3.8, 4) is 17.0 Å². The average Bonchev–Trinajstić information content (AvgIpc) is 3.72. The molecule has 2 bridgehead atoms. The number of aromatic nitrogens is 2. The molecule has 0 saturated carbocycles. The van der Waals surface area contributed by atoms with Crippen molar-refractivity contribution in [2.75, 3.05) is 48.3 Å². The zero-order chi connectivity index (χ0) is 30.6. The number of rotatable bonds is 4. The summed E-state index contributed by atoms with van der Waals surface area (Å²) in [7, 11) is 1.81. The average molecular weight is 628 g/mol. The van der Waals surface area contributed by atoms with Crippen molar-refractivity contribution in [2.45, 2.75) is 62.2 Å². The number of aromatic hydroxyl groups is 1. The number of carbonyl (C=O) groups excluding carboxylic acids is 1. The van der Waals surface area contributed by atoms with Crippen LogP contribution < -0.4 is 20.4 Å². The molecule has 45 heavy (non-hydrogen) atoms. The van der Waals surface area contributed by atoms with Gasteiger partial charge in [-0.05, 0) is 75.2 Å². The van der Waals surface area contributed by atoms with Gasteiger partial charge in [0.05, 0.1) is 5.69 Å². The maximum atomic E-state index is 17.0. The second-order valence-corrected chi connectivity index (χ2v) is 13.9. The Kier molecular flexibility index (Phi) is 6.05. The topological polar surface area (TPSA) is 96.9 Å². The standard InChI is InChI=1S/C34H35ClFN7O2/c1-41-31-29(43-16-19-7-8-24(39-19)30(43)33(41)45)22-15-37-27(21-14-20(44)13-18-5-2-6-23(35)25(18)21)26(36)28(22)40-32(31)38-17-34-9-3-11-42(34)12-4-10-34/h2,5-6,13-15,19,24,30,39,44H,3-4,7-12,16-17H2,1H3,(H,38,40). The van der Waals surface area contributed by atoms with Crippen LogP contribution in [0.4, 0.5) is 21.6 Å².